The van der Waals surface area contributed by atoms with Gasteiger partial charge in [0.1, 0.15) is 0 Å². The van der Waals surface area contributed by atoms with Crippen molar-refractivity contribution in [2.75, 3.05) is 32.8 Å². The van der Waals surface area contributed by atoms with Crippen molar-refractivity contribution in [3.05, 3.63) is 41.5 Å². The van der Waals surface area contributed by atoms with Gasteiger partial charge in [0, 0.05) is 30.1 Å². The first kappa shape index (κ1) is 23.4. The third-order valence-electron chi connectivity index (χ3n) is 6.24. The molecule has 1 aliphatic heterocycles. The molecule has 0 spiro atoms. The average molecular weight is 475 g/mol. The third kappa shape index (κ3) is 4.39. The van der Waals surface area contributed by atoms with E-state index in [1.165, 1.54) is 21.3 Å². The highest BCUT2D eigenvalue weighted by molar-refractivity contribution is 7.89. The summed E-state index contributed by atoms with van der Waals surface area (Å²) in [6.07, 6.45) is 1.87. The standard InChI is InChI=1S/C24H30N2O6S/c1-24(2)14-26(23(27)16-6-7-16)19-9-8-17(12-18(19)24)33(28,29)25-13-15-10-20(30-3)22(32-5)21(11-15)31-4/h8-12,16,25H,6-7,13-14H2,1-5H3. The number of sulfonamides is 1. The molecule has 9 heteroatoms. The molecule has 33 heavy (non-hydrogen) atoms. The van der Waals surface area contributed by atoms with Crippen molar-refractivity contribution in [1.82, 2.24) is 4.72 Å². The summed E-state index contributed by atoms with van der Waals surface area (Å²) in [5.41, 5.74) is 2.01. The number of nitrogens with one attached hydrogen (secondary N) is 1. The molecule has 0 radical (unpaired) electrons. The fourth-order valence-electron chi connectivity index (χ4n) is 4.27. The zero-order valence-corrected chi connectivity index (χ0v) is 20.4. The first-order valence-corrected chi connectivity index (χ1v) is 12.3. The van der Waals surface area contributed by atoms with E-state index >= 15 is 0 Å². The number of benzene rings is 2. The maximum atomic E-state index is 13.1. The molecule has 0 bridgehead atoms. The Morgan fingerprint density at radius 1 is 1.06 bits per heavy atom. The first-order chi connectivity index (χ1) is 15.6. The van der Waals surface area contributed by atoms with Gasteiger partial charge in [-0.1, -0.05) is 13.8 Å². The van der Waals surface area contributed by atoms with E-state index in [0.717, 1.165) is 24.1 Å². The molecule has 1 N–H and O–H groups in total. The van der Waals surface area contributed by atoms with Gasteiger partial charge in [-0.15, -0.1) is 0 Å². The van der Waals surface area contributed by atoms with Crippen molar-refractivity contribution in [3.63, 3.8) is 0 Å². The second-order valence-corrected chi connectivity index (χ2v) is 10.9. The van der Waals surface area contributed by atoms with Crippen molar-refractivity contribution in [2.45, 2.75) is 43.5 Å². The SMILES string of the molecule is COc1cc(CNS(=O)(=O)c2ccc3c(c2)C(C)(C)CN3C(=O)C2CC2)cc(OC)c1OC. The number of carbonyl (C=O) groups excluding carboxylic acids is 1. The minimum atomic E-state index is -3.79. The van der Waals surface area contributed by atoms with Crippen LogP contribution in [0.5, 0.6) is 17.2 Å². The fourth-order valence-corrected chi connectivity index (χ4v) is 5.32. The maximum Gasteiger partial charge on any atom is 0.240 e. The number of hydrogen-bond acceptors (Lipinski definition) is 6. The average Bonchev–Trinajstić information content (AvgIpc) is 3.61. The minimum absolute atomic E-state index is 0.0474. The molecule has 2 aliphatic rings. The fraction of sp³-hybridized carbons (Fsp3) is 0.458. The normalized spacial score (nSPS) is 16.9. The summed E-state index contributed by atoms with van der Waals surface area (Å²) < 4.78 is 44.9. The van der Waals surface area contributed by atoms with Gasteiger partial charge in [0.05, 0.1) is 26.2 Å². The van der Waals surface area contributed by atoms with Crippen molar-refractivity contribution < 1.29 is 27.4 Å². The zero-order valence-electron chi connectivity index (χ0n) is 19.6. The van der Waals surface area contributed by atoms with Gasteiger partial charge in [-0.3, -0.25) is 4.79 Å². The van der Waals surface area contributed by atoms with Crippen LogP contribution in [0.15, 0.2) is 35.2 Å². The predicted octanol–water partition coefficient (Wildman–Crippen LogP) is 3.23. The van der Waals surface area contributed by atoms with Crippen LogP contribution in [0.1, 0.15) is 37.8 Å². The smallest absolute Gasteiger partial charge is 0.240 e. The molecule has 0 aromatic heterocycles. The highest BCUT2D eigenvalue weighted by Crippen LogP contribution is 2.44. The summed E-state index contributed by atoms with van der Waals surface area (Å²) in [7, 11) is 0.736. The maximum absolute atomic E-state index is 13.1. The molecule has 2 aromatic rings. The lowest BCUT2D eigenvalue weighted by Gasteiger charge is -2.20. The highest BCUT2D eigenvalue weighted by Gasteiger charge is 2.43. The van der Waals surface area contributed by atoms with Gasteiger partial charge in [-0.25, -0.2) is 13.1 Å². The Bertz CT molecular complexity index is 1160. The Hall–Kier alpha value is -2.78. The van der Waals surface area contributed by atoms with Crippen LogP contribution in [0.4, 0.5) is 5.69 Å². The van der Waals surface area contributed by atoms with Gasteiger partial charge in [-0.05, 0) is 54.3 Å². The number of carbonyl (C=O) groups is 1. The van der Waals surface area contributed by atoms with Crippen LogP contribution in [-0.4, -0.2) is 42.2 Å². The lowest BCUT2D eigenvalue weighted by Crippen LogP contribution is -2.34. The summed E-state index contributed by atoms with van der Waals surface area (Å²) >= 11 is 0. The Labute approximate surface area is 194 Å². The molecule has 8 nitrogen and oxygen atoms in total. The van der Waals surface area contributed by atoms with E-state index in [0.29, 0.717) is 29.4 Å². The monoisotopic (exact) mass is 474 g/mol. The van der Waals surface area contributed by atoms with Crippen molar-refractivity contribution in [3.8, 4) is 17.2 Å². The van der Waals surface area contributed by atoms with Gasteiger partial charge in [0.25, 0.3) is 0 Å². The van der Waals surface area contributed by atoms with Crippen LogP contribution < -0.4 is 23.8 Å². The number of amides is 1. The van der Waals surface area contributed by atoms with Gasteiger partial charge < -0.3 is 19.1 Å². The molecule has 0 saturated heterocycles. The Morgan fingerprint density at radius 3 is 2.24 bits per heavy atom. The lowest BCUT2D eigenvalue weighted by molar-refractivity contribution is -0.119. The number of anilines is 1. The molecular weight excluding hydrogens is 444 g/mol. The molecule has 1 aliphatic carbocycles. The van der Waals surface area contributed by atoms with Gasteiger partial charge in [-0.2, -0.15) is 0 Å². The van der Waals surface area contributed by atoms with Gasteiger partial charge in [0.2, 0.25) is 21.7 Å². The van der Waals surface area contributed by atoms with E-state index in [1.807, 2.05) is 18.7 Å². The Kier molecular flexibility index (Phi) is 6.05. The molecule has 1 fully saturated rings. The van der Waals surface area contributed by atoms with Crippen molar-refractivity contribution in [2.24, 2.45) is 5.92 Å². The van der Waals surface area contributed by atoms with Crippen LogP contribution in [0.3, 0.4) is 0 Å². The van der Waals surface area contributed by atoms with Crippen LogP contribution >= 0.6 is 0 Å². The minimum Gasteiger partial charge on any atom is -0.493 e. The summed E-state index contributed by atoms with van der Waals surface area (Å²) in [5.74, 6) is 1.59. The van der Waals surface area contributed by atoms with E-state index in [4.69, 9.17) is 14.2 Å². The van der Waals surface area contributed by atoms with E-state index < -0.39 is 10.0 Å². The van der Waals surface area contributed by atoms with Crippen LogP contribution in [0.25, 0.3) is 0 Å². The summed E-state index contributed by atoms with van der Waals surface area (Å²) in [6.45, 7) is 4.67. The first-order valence-electron chi connectivity index (χ1n) is 10.9. The largest absolute Gasteiger partial charge is 0.493 e. The number of nitrogens with zero attached hydrogens (tertiary/aromatic N) is 1. The molecule has 2 aromatic carbocycles. The Balaban J connectivity index is 1.58. The van der Waals surface area contributed by atoms with Crippen molar-refractivity contribution in [1.29, 1.82) is 0 Å². The second-order valence-electron chi connectivity index (χ2n) is 9.12. The summed E-state index contributed by atoms with van der Waals surface area (Å²) in [4.78, 5) is 14.7. The molecule has 1 saturated carbocycles. The molecule has 178 valence electrons. The van der Waals surface area contributed by atoms with Crippen LogP contribution in [-0.2, 0) is 26.8 Å². The van der Waals surface area contributed by atoms with E-state index in [1.54, 1.807) is 30.3 Å². The number of rotatable bonds is 8. The van der Waals surface area contributed by atoms with Crippen LogP contribution in [0.2, 0.25) is 0 Å². The third-order valence-corrected chi connectivity index (χ3v) is 7.63. The summed E-state index contributed by atoms with van der Waals surface area (Å²) in [6, 6.07) is 8.41. The molecule has 1 heterocycles. The second kappa shape index (κ2) is 8.53. The summed E-state index contributed by atoms with van der Waals surface area (Å²) in [5, 5.41) is 0. The molecule has 0 unspecified atom stereocenters. The number of ether oxygens (including phenoxy) is 3. The number of hydrogen-bond donors (Lipinski definition) is 1. The topological polar surface area (TPSA) is 94.2 Å². The van der Waals surface area contributed by atoms with Crippen molar-refractivity contribution >= 4 is 21.6 Å². The Morgan fingerprint density at radius 2 is 1.70 bits per heavy atom. The van der Waals surface area contributed by atoms with Gasteiger partial charge in [0.15, 0.2) is 11.5 Å². The van der Waals surface area contributed by atoms with E-state index in [2.05, 4.69) is 4.72 Å². The zero-order chi connectivity index (χ0) is 24.0. The quantitative estimate of drug-likeness (QED) is 0.631. The lowest BCUT2D eigenvalue weighted by atomic mass is 9.87. The highest BCUT2D eigenvalue weighted by atomic mass is 32.2. The predicted molar refractivity (Wildman–Crippen MR) is 125 cm³/mol. The van der Waals surface area contributed by atoms with E-state index in [9.17, 15) is 13.2 Å². The number of methoxy groups -OCH3 is 3. The van der Waals surface area contributed by atoms with E-state index in [-0.39, 0.29) is 28.7 Å². The molecule has 4 rings (SSSR count). The molecular formula is C24H30N2O6S. The van der Waals surface area contributed by atoms with Gasteiger partial charge >= 0.3 is 0 Å². The molecule has 1 amide bonds. The molecule has 0 atom stereocenters. The number of fused-ring (bicyclic) bond motifs is 1. The van der Waals surface area contributed by atoms with Crippen LogP contribution in [0, 0.1) is 5.92 Å².